The Morgan fingerprint density at radius 3 is 2.48 bits per heavy atom. The quantitative estimate of drug-likeness (QED) is 0.433. The molecule has 8 heteroatoms. The van der Waals surface area contributed by atoms with E-state index in [1.54, 1.807) is 39.8 Å². The van der Waals surface area contributed by atoms with E-state index < -0.39 is 36.1 Å². The van der Waals surface area contributed by atoms with E-state index in [2.05, 4.69) is 16.7 Å². The van der Waals surface area contributed by atoms with E-state index in [1.165, 1.54) is 6.07 Å². The Bertz CT molecular complexity index is 839. The minimum Gasteiger partial charge on any atom is -0.507 e. The summed E-state index contributed by atoms with van der Waals surface area (Å²) in [5.74, 6) is -1.35. The molecule has 0 aliphatic carbocycles. The van der Waals surface area contributed by atoms with Crippen molar-refractivity contribution < 1.29 is 24.2 Å². The normalized spacial score (nSPS) is 12.8. The molecule has 0 saturated heterocycles. The highest BCUT2D eigenvalue weighted by Gasteiger charge is 2.34. The number of carbonyl (C=O) groups is 3. The van der Waals surface area contributed by atoms with E-state index in [9.17, 15) is 19.5 Å². The van der Waals surface area contributed by atoms with Gasteiger partial charge in [0.25, 0.3) is 5.91 Å². The number of amides is 3. The predicted molar refractivity (Wildman–Crippen MR) is 118 cm³/mol. The number of hydrogen-bond acceptors (Lipinski definition) is 5. The second-order valence-electron chi connectivity index (χ2n) is 8.36. The maximum absolute atomic E-state index is 13.1. The summed E-state index contributed by atoms with van der Waals surface area (Å²) in [6.45, 7) is 10.1. The largest absolute Gasteiger partial charge is 0.507 e. The van der Waals surface area contributed by atoms with E-state index in [1.807, 2.05) is 13.8 Å². The lowest BCUT2D eigenvalue weighted by Crippen LogP contribution is -2.47. The summed E-state index contributed by atoms with van der Waals surface area (Å²) in [5, 5.41) is 15.7. The molecule has 0 spiro atoms. The highest BCUT2D eigenvalue weighted by atomic mass is 16.6. The van der Waals surface area contributed by atoms with Gasteiger partial charge in [-0.25, -0.2) is 4.79 Å². The highest BCUT2D eigenvalue weighted by molar-refractivity contribution is 5.92. The van der Waals surface area contributed by atoms with Crippen molar-refractivity contribution in [3.8, 4) is 18.2 Å². The average Bonchev–Trinajstić information content (AvgIpc) is 2.65. The van der Waals surface area contributed by atoms with Gasteiger partial charge in [-0.2, -0.15) is 0 Å². The third-order valence-corrected chi connectivity index (χ3v) is 4.37. The Morgan fingerprint density at radius 2 is 1.94 bits per heavy atom. The molecule has 1 rings (SSSR count). The lowest BCUT2D eigenvalue weighted by Gasteiger charge is -2.28. The van der Waals surface area contributed by atoms with Gasteiger partial charge in [0.15, 0.2) is 6.04 Å². The minimum atomic E-state index is -1.27. The molecule has 2 unspecified atom stereocenters. The third-order valence-electron chi connectivity index (χ3n) is 4.37. The predicted octanol–water partition coefficient (Wildman–Crippen LogP) is 2.99. The Balaban J connectivity index is 3.18. The van der Waals surface area contributed by atoms with Crippen molar-refractivity contribution in [2.45, 2.75) is 72.1 Å². The van der Waals surface area contributed by atoms with E-state index in [-0.39, 0.29) is 17.4 Å². The second-order valence-corrected chi connectivity index (χ2v) is 8.36. The van der Waals surface area contributed by atoms with Crippen molar-refractivity contribution in [1.82, 2.24) is 15.5 Å². The van der Waals surface area contributed by atoms with Crippen LogP contribution < -0.4 is 10.6 Å². The summed E-state index contributed by atoms with van der Waals surface area (Å²) in [7, 11) is 0. The van der Waals surface area contributed by atoms with Gasteiger partial charge in [0.1, 0.15) is 17.9 Å². The van der Waals surface area contributed by atoms with Crippen LogP contribution in [-0.2, 0) is 14.3 Å². The first-order valence-corrected chi connectivity index (χ1v) is 10.2. The molecule has 0 radical (unpaired) electrons. The van der Waals surface area contributed by atoms with E-state index >= 15 is 0 Å². The SMILES string of the molecule is C#CN(C(=O)CNC(=O)OC(C)(C)C)C(C(=O)NC(C)CCC)c1cccc(C)c1O. The van der Waals surface area contributed by atoms with Gasteiger partial charge in [0.05, 0.1) is 0 Å². The molecular formula is C23H33N3O5. The Hall–Kier alpha value is -3.21. The molecule has 3 N–H and O–H groups in total. The monoisotopic (exact) mass is 431 g/mol. The molecular weight excluding hydrogens is 398 g/mol. The third kappa shape index (κ3) is 7.85. The second kappa shape index (κ2) is 11.3. The molecule has 0 aromatic heterocycles. The molecule has 0 bridgehead atoms. The van der Waals surface area contributed by atoms with Gasteiger partial charge >= 0.3 is 6.09 Å². The molecule has 170 valence electrons. The van der Waals surface area contributed by atoms with Crippen molar-refractivity contribution >= 4 is 17.9 Å². The summed E-state index contributed by atoms with van der Waals surface area (Å²) < 4.78 is 5.12. The number of carbonyl (C=O) groups excluding carboxylic acids is 3. The molecule has 0 heterocycles. The Kier molecular flexibility index (Phi) is 9.38. The van der Waals surface area contributed by atoms with Gasteiger partial charge < -0.3 is 20.5 Å². The fourth-order valence-corrected chi connectivity index (χ4v) is 2.96. The first kappa shape index (κ1) is 25.8. The molecule has 8 nitrogen and oxygen atoms in total. The van der Waals surface area contributed by atoms with Crippen molar-refractivity contribution in [2.75, 3.05) is 6.54 Å². The number of rotatable bonds is 8. The number of ether oxygens (including phenoxy) is 1. The van der Waals surface area contributed by atoms with Gasteiger partial charge in [0.2, 0.25) is 5.91 Å². The summed E-state index contributed by atoms with van der Waals surface area (Å²) in [4.78, 5) is 38.7. The fourth-order valence-electron chi connectivity index (χ4n) is 2.96. The van der Waals surface area contributed by atoms with Crippen LogP contribution in [0.25, 0.3) is 0 Å². The number of benzene rings is 1. The van der Waals surface area contributed by atoms with Crippen molar-refractivity contribution in [3.05, 3.63) is 29.3 Å². The number of aryl methyl sites for hydroxylation is 1. The van der Waals surface area contributed by atoms with E-state index in [0.29, 0.717) is 5.56 Å². The summed E-state index contributed by atoms with van der Waals surface area (Å²) >= 11 is 0. The van der Waals surface area contributed by atoms with Crippen molar-refractivity contribution in [1.29, 1.82) is 0 Å². The van der Waals surface area contributed by atoms with Crippen molar-refractivity contribution in [2.24, 2.45) is 0 Å². The van der Waals surface area contributed by atoms with Gasteiger partial charge in [-0.15, -0.1) is 0 Å². The fraction of sp³-hybridized carbons (Fsp3) is 0.522. The standard InChI is InChI=1S/C23H33N3O5/c1-8-11-16(4)25-21(29)19(17-13-10-12-15(3)20(17)28)26(9-2)18(27)14-24-22(30)31-23(5,6)7/h2,10,12-13,16,19,28H,8,11,14H2,1,3-7H3,(H,24,30)(H,25,29). The van der Waals surface area contributed by atoms with Crippen LogP contribution in [0, 0.1) is 19.4 Å². The number of para-hydroxylation sites is 1. The number of nitrogens with zero attached hydrogens (tertiary/aromatic N) is 1. The molecule has 0 aliphatic heterocycles. The number of nitrogens with one attached hydrogen (secondary N) is 2. The molecule has 3 amide bonds. The Labute approximate surface area is 184 Å². The van der Waals surface area contributed by atoms with Gasteiger partial charge in [-0.1, -0.05) is 38.0 Å². The zero-order valence-electron chi connectivity index (χ0n) is 19.1. The van der Waals surface area contributed by atoms with Crippen LogP contribution in [0.1, 0.15) is 64.6 Å². The van der Waals surface area contributed by atoms with Crippen LogP contribution >= 0.6 is 0 Å². The number of phenols is 1. The molecule has 0 saturated carbocycles. The molecule has 31 heavy (non-hydrogen) atoms. The van der Waals surface area contributed by atoms with Crippen LogP contribution in [-0.4, -0.2) is 46.1 Å². The maximum atomic E-state index is 13.1. The zero-order valence-corrected chi connectivity index (χ0v) is 19.1. The number of aromatic hydroxyl groups is 1. The first-order chi connectivity index (χ1) is 14.4. The number of terminal acetylenes is 1. The molecule has 2 atom stereocenters. The zero-order chi connectivity index (χ0) is 23.8. The van der Waals surface area contributed by atoms with E-state index in [4.69, 9.17) is 11.2 Å². The summed E-state index contributed by atoms with van der Waals surface area (Å²) in [6.07, 6.45) is 6.40. The van der Waals surface area contributed by atoms with Crippen LogP contribution in [0.4, 0.5) is 4.79 Å². The minimum absolute atomic E-state index is 0.126. The van der Waals surface area contributed by atoms with Gasteiger partial charge in [-0.05, 0) is 46.6 Å². The molecule has 0 aliphatic rings. The van der Waals surface area contributed by atoms with Crippen molar-refractivity contribution in [3.63, 3.8) is 0 Å². The number of alkyl carbamates (subject to hydrolysis) is 1. The highest BCUT2D eigenvalue weighted by Crippen LogP contribution is 2.31. The Morgan fingerprint density at radius 1 is 1.29 bits per heavy atom. The van der Waals surface area contributed by atoms with E-state index in [0.717, 1.165) is 17.7 Å². The molecule has 0 fully saturated rings. The summed E-state index contributed by atoms with van der Waals surface area (Å²) in [5.41, 5.74) is 0.00222. The number of phenolic OH excluding ortho intramolecular Hbond substituents is 1. The molecule has 1 aromatic rings. The maximum Gasteiger partial charge on any atom is 0.408 e. The smallest absolute Gasteiger partial charge is 0.408 e. The average molecular weight is 432 g/mol. The lowest BCUT2D eigenvalue weighted by atomic mass is 10.00. The lowest BCUT2D eigenvalue weighted by molar-refractivity contribution is -0.136. The number of hydrogen-bond donors (Lipinski definition) is 3. The van der Waals surface area contributed by atoms with Crippen LogP contribution in [0.15, 0.2) is 18.2 Å². The van der Waals surface area contributed by atoms with Gasteiger partial charge in [-0.3, -0.25) is 14.5 Å². The first-order valence-electron chi connectivity index (χ1n) is 10.2. The van der Waals surface area contributed by atoms with Crippen LogP contribution in [0.3, 0.4) is 0 Å². The summed E-state index contributed by atoms with van der Waals surface area (Å²) in [6, 6.07) is 5.69. The van der Waals surface area contributed by atoms with Gasteiger partial charge in [0, 0.05) is 17.6 Å². The van der Waals surface area contributed by atoms with Crippen LogP contribution in [0.5, 0.6) is 5.75 Å². The van der Waals surface area contributed by atoms with Crippen LogP contribution in [0.2, 0.25) is 0 Å². The molecule has 1 aromatic carbocycles. The topological polar surface area (TPSA) is 108 Å².